The summed E-state index contributed by atoms with van der Waals surface area (Å²) in [6, 6.07) is 61.6. The van der Waals surface area contributed by atoms with Crippen molar-refractivity contribution in [3.8, 4) is 44.5 Å². The van der Waals surface area contributed by atoms with Crippen LogP contribution in [0.2, 0.25) is 13.1 Å². The van der Waals surface area contributed by atoms with Gasteiger partial charge in [0.2, 0.25) is 0 Å². The van der Waals surface area contributed by atoms with Crippen LogP contribution in [0.5, 0.6) is 0 Å². The second-order valence-electron chi connectivity index (χ2n) is 14.9. The van der Waals surface area contributed by atoms with E-state index in [0.717, 1.165) is 22.4 Å². The summed E-state index contributed by atoms with van der Waals surface area (Å²) in [4.78, 5) is 0. The molecule has 8 aromatic carbocycles. The van der Waals surface area contributed by atoms with E-state index in [9.17, 15) is 0 Å². The van der Waals surface area contributed by atoms with Gasteiger partial charge in [-0.25, -0.2) is 0 Å². The summed E-state index contributed by atoms with van der Waals surface area (Å²) in [5, 5.41) is 5.32. The Morgan fingerprint density at radius 3 is 1.14 bits per heavy atom. The predicted molar refractivity (Wildman–Crippen MR) is 247 cm³/mol. The second-order valence-corrected chi connectivity index (χ2v) is 19.7. The van der Waals surface area contributed by atoms with E-state index in [-0.39, 0.29) is 0 Å². The summed E-state index contributed by atoms with van der Waals surface area (Å²) in [5.41, 5.74) is 13.4. The summed E-state index contributed by atoms with van der Waals surface area (Å²) >= 11 is -0.826. The van der Waals surface area contributed by atoms with Gasteiger partial charge in [-0.3, -0.25) is 0 Å². The molecule has 0 atom stereocenters. The third-order valence-corrected chi connectivity index (χ3v) is 9.59. The summed E-state index contributed by atoms with van der Waals surface area (Å²) in [6.07, 6.45) is 2.22. The van der Waals surface area contributed by atoms with E-state index in [1.807, 2.05) is 0 Å². The second kappa shape index (κ2) is 22.2. The van der Waals surface area contributed by atoms with Crippen LogP contribution in [0.3, 0.4) is 0 Å². The van der Waals surface area contributed by atoms with Crippen molar-refractivity contribution in [3.05, 3.63) is 181 Å². The van der Waals surface area contributed by atoms with Crippen LogP contribution in [0, 0.1) is 11.8 Å². The molecule has 0 nitrogen and oxygen atoms in total. The minimum absolute atomic E-state index is 0.653. The summed E-state index contributed by atoms with van der Waals surface area (Å²) in [6.45, 7) is 13.4. The first-order valence-electron chi connectivity index (χ1n) is 19.5. The number of rotatable bonds is 8. The molecule has 0 bridgehead atoms. The van der Waals surface area contributed by atoms with Gasteiger partial charge in [0, 0.05) is 9.52 Å². The van der Waals surface area contributed by atoms with Crippen LogP contribution in [-0.2, 0) is 33.7 Å². The molecule has 0 heterocycles. The predicted octanol–water partition coefficient (Wildman–Crippen LogP) is 16.3. The van der Waals surface area contributed by atoms with Gasteiger partial charge >= 0.3 is 37.9 Å². The SMILES string of the molecule is CC(C)Cc1ccccc1-c1cccc2[cH-]c(-c3ccccc3)cc12.CC(C)Cc1ccccc1-c1cccc2[cH-]c(-c3ccccc3)cc12.C[Si]C.[Cl][Zr+2][Cl]. The molecular formula is C52H52Cl2SiZr. The quantitative estimate of drug-likeness (QED) is 0.105. The van der Waals surface area contributed by atoms with Crippen molar-refractivity contribution in [1.82, 2.24) is 0 Å². The Morgan fingerprint density at radius 2 is 0.786 bits per heavy atom. The van der Waals surface area contributed by atoms with Gasteiger partial charge in [0.25, 0.3) is 0 Å². The van der Waals surface area contributed by atoms with E-state index in [2.05, 4.69) is 211 Å². The average Bonchev–Trinajstić information content (AvgIpc) is 3.85. The van der Waals surface area contributed by atoms with Crippen molar-refractivity contribution < 1.29 is 20.8 Å². The van der Waals surface area contributed by atoms with E-state index in [1.165, 1.54) is 77.2 Å². The number of halogens is 2. The van der Waals surface area contributed by atoms with E-state index in [0.29, 0.717) is 11.8 Å². The molecule has 0 amide bonds. The molecule has 0 saturated carbocycles. The standard InChI is InChI=1S/2C25H23.C2H6Si.2ClH.Zr/c2*1-18(2)15-20-11-6-7-13-23(20)24-14-8-12-21-16-22(17-25(21)24)19-9-4-3-5-10-19;1-3-2;;;/h2*3-14,16-18H,15H2,1-2H3;1-2H3;2*1H;/q2*-1;;;;+4/p-2. The van der Waals surface area contributed by atoms with Crippen molar-refractivity contribution in [2.75, 3.05) is 0 Å². The fourth-order valence-electron chi connectivity index (χ4n) is 7.34. The van der Waals surface area contributed by atoms with Crippen LogP contribution in [0.15, 0.2) is 170 Å². The summed E-state index contributed by atoms with van der Waals surface area (Å²) in [7, 11) is 11.0. The molecule has 0 fully saturated rings. The Balaban J connectivity index is 0.000000188. The molecular weight excluding hydrogens is 815 g/mol. The Bertz CT molecular complexity index is 2200. The Kier molecular flexibility index (Phi) is 17.2. The fourth-order valence-corrected chi connectivity index (χ4v) is 7.34. The van der Waals surface area contributed by atoms with Crippen molar-refractivity contribution in [3.63, 3.8) is 0 Å². The molecule has 4 heteroatoms. The molecule has 282 valence electrons. The molecule has 0 saturated heterocycles. The van der Waals surface area contributed by atoms with Crippen LogP contribution >= 0.6 is 17.0 Å². The maximum absolute atomic E-state index is 4.93. The fraction of sp³-hybridized carbons (Fsp3) is 0.192. The van der Waals surface area contributed by atoms with E-state index < -0.39 is 20.8 Å². The molecule has 8 aromatic rings. The molecule has 0 unspecified atom stereocenters. The van der Waals surface area contributed by atoms with Crippen molar-refractivity contribution in [2.45, 2.75) is 53.6 Å². The molecule has 8 rings (SSSR count). The van der Waals surface area contributed by atoms with Gasteiger partial charge in [-0.15, -0.1) is 69.1 Å². The van der Waals surface area contributed by atoms with Crippen LogP contribution in [0.1, 0.15) is 38.8 Å². The van der Waals surface area contributed by atoms with Crippen molar-refractivity contribution in [1.29, 1.82) is 0 Å². The summed E-state index contributed by atoms with van der Waals surface area (Å²) < 4.78 is 0. The topological polar surface area (TPSA) is 0 Å². The first-order valence-corrected chi connectivity index (χ1v) is 27.8. The number of hydrogen-bond acceptors (Lipinski definition) is 0. The van der Waals surface area contributed by atoms with E-state index >= 15 is 0 Å². The van der Waals surface area contributed by atoms with Gasteiger partial charge < -0.3 is 0 Å². The first-order chi connectivity index (χ1) is 27.3. The molecule has 2 radical (unpaired) electrons. The third kappa shape index (κ3) is 11.6. The summed E-state index contributed by atoms with van der Waals surface area (Å²) in [5.74, 6) is 1.31. The van der Waals surface area contributed by atoms with Crippen molar-refractivity contribution >= 4 is 48.1 Å². The normalized spacial score (nSPS) is 10.6. The average molecular weight is 867 g/mol. The van der Waals surface area contributed by atoms with Gasteiger partial charge in [-0.05, 0) is 46.9 Å². The molecule has 56 heavy (non-hydrogen) atoms. The van der Waals surface area contributed by atoms with E-state index in [1.54, 1.807) is 0 Å². The van der Waals surface area contributed by atoms with Crippen LogP contribution in [-0.4, -0.2) is 9.52 Å². The van der Waals surface area contributed by atoms with Crippen LogP contribution in [0.4, 0.5) is 0 Å². The molecule has 0 spiro atoms. The maximum atomic E-state index is 4.93. The Hall–Kier alpha value is -3.78. The molecule has 0 N–H and O–H groups in total. The van der Waals surface area contributed by atoms with Crippen LogP contribution < -0.4 is 0 Å². The van der Waals surface area contributed by atoms with Gasteiger partial charge in [0.05, 0.1) is 0 Å². The number of hydrogen-bond donors (Lipinski definition) is 0. The van der Waals surface area contributed by atoms with Gasteiger partial charge in [-0.2, -0.15) is 0 Å². The molecule has 0 aliphatic carbocycles. The van der Waals surface area contributed by atoms with E-state index in [4.69, 9.17) is 17.0 Å². The molecule has 0 aromatic heterocycles. The zero-order valence-corrected chi connectivity index (χ0v) is 38.5. The number of fused-ring (bicyclic) bond motifs is 2. The van der Waals surface area contributed by atoms with Gasteiger partial charge in [0.15, 0.2) is 0 Å². The Labute approximate surface area is 357 Å². The zero-order chi connectivity index (χ0) is 39.9. The zero-order valence-electron chi connectivity index (χ0n) is 33.5. The monoisotopic (exact) mass is 864 g/mol. The first kappa shape index (κ1) is 43.3. The van der Waals surface area contributed by atoms with Gasteiger partial charge in [-0.1, -0.05) is 197 Å². The molecule has 0 aliphatic rings. The van der Waals surface area contributed by atoms with Crippen LogP contribution in [0.25, 0.3) is 66.1 Å². The number of benzene rings is 6. The minimum atomic E-state index is -0.826. The molecule has 0 aliphatic heterocycles. The third-order valence-electron chi connectivity index (χ3n) is 9.59. The van der Waals surface area contributed by atoms with Crippen molar-refractivity contribution in [2.24, 2.45) is 11.8 Å². The van der Waals surface area contributed by atoms with Gasteiger partial charge in [0.1, 0.15) is 0 Å². The Morgan fingerprint density at radius 1 is 0.464 bits per heavy atom.